The highest BCUT2D eigenvalue weighted by Gasteiger charge is 2.27. The van der Waals surface area contributed by atoms with Crippen molar-refractivity contribution in [2.75, 3.05) is 13.2 Å². The third-order valence-corrected chi connectivity index (χ3v) is 2.42. The number of amides is 1. The van der Waals surface area contributed by atoms with Gasteiger partial charge in [-0.2, -0.15) is 0 Å². The van der Waals surface area contributed by atoms with E-state index in [9.17, 15) is 9.59 Å². The number of ether oxygens (including phenoxy) is 1. The van der Waals surface area contributed by atoms with Crippen molar-refractivity contribution >= 4 is 12.1 Å². The molecule has 0 aromatic carbocycles. The summed E-state index contributed by atoms with van der Waals surface area (Å²) in [5.41, 5.74) is -0.639. The number of rotatable bonds is 4. The van der Waals surface area contributed by atoms with Gasteiger partial charge in [0.1, 0.15) is 11.6 Å². The van der Waals surface area contributed by atoms with Gasteiger partial charge in [0.15, 0.2) is 0 Å². The number of carbonyl (C=O) groups excluding carboxylic acids is 1. The normalized spacial score (nSPS) is 21.4. The predicted molar refractivity (Wildman–Crippen MR) is 65.2 cm³/mol. The molecule has 0 aromatic heterocycles. The lowest BCUT2D eigenvalue weighted by molar-refractivity contribution is -0.139. The standard InChI is InChI=1S/C11H21N3O4/c1-11(2,3)18-10(17)14-8(9(15)16)4-7-5-12-6-13-7/h7-8,12-13H,4-6H2,1-3H3,(H,14,17)(H,15,16)/t7-,8-/m0/s1. The molecule has 1 fully saturated rings. The Morgan fingerprint density at radius 3 is 2.61 bits per heavy atom. The molecule has 0 spiro atoms. The molecule has 4 N–H and O–H groups in total. The quantitative estimate of drug-likeness (QED) is 0.561. The van der Waals surface area contributed by atoms with Gasteiger partial charge in [0, 0.05) is 19.3 Å². The van der Waals surface area contributed by atoms with Crippen LogP contribution in [0.5, 0.6) is 0 Å². The molecule has 0 bridgehead atoms. The van der Waals surface area contributed by atoms with Gasteiger partial charge in [0.2, 0.25) is 0 Å². The first kappa shape index (κ1) is 14.7. The SMILES string of the molecule is CC(C)(C)OC(=O)N[C@@H](C[C@H]1CNCN1)C(=O)O. The van der Waals surface area contributed by atoms with E-state index in [1.165, 1.54) is 0 Å². The lowest BCUT2D eigenvalue weighted by Gasteiger charge is -2.23. The fourth-order valence-corrected chi connectivity index (χ4v) is 1.66. The van der Waals surface area contributed by atoms with Crippen LogP contribution in [0.15, 0.2) is 0 Å². The molecule has 1 amide bonds. The molecular formula is C11H21N3O4. The van der Waals surface area contributed by atoms with Crippen LogP contribution in [0.1, 0.15) is 27.2 Å². The van der Waals surface area contributed by atoms with Crippen molar-refractivity contribution in [2.24, 2.45) is 0 Å². The minimum absolute atomic E-state index is 0.0426. The van der Waals surface area contributed by atoms with Crippen LogP contribution in [0, 0.1) is 0 Å². The van der Waals surface area contributed by atoms with E-state index in [-0.39, 0.29) is 6.04 Å². The van der Waals surface area contributed by atoms with Gasteiger partial charge in [0.25, 0.3) is 0 Å². The van der Waals surface area contributed by atoms with Gasteiger partial charge in [-0.3, -0.25) is 0 Å². The summed E-state index contributed by atoms with van der Waals surface area (Å²) in [7, 11) is 0. The zero-order valence-electron chi connectivity index (χ0n) is 10.9. The van der Waals surface area contributed by atoms with Crippen LogP contribution in [0.4, 0.5) is 4.79 Å². The van der Waals surface area contributed by atoms with E-state index >= 15 is 0 Å². The zero-order chi connectivity index (χ0) is 13.8. The average molecular weight is 259 g/mol. The molecule has 2 atom stereocenters. The van der Waals surface area contributed by atoms with Crippen molar-refractivity contribution < 1.29 is 19.4 Å². The Hall–Kier alpha value is -1.34. The summed E-state index contributed by atoms with van der Waals surface area (Å²) in [6.07, 6.45) is -0.387. The molecule has 1 rings (SSSR count). The Kier molecular flexibility index (Phi) is 4.92. The molecular weight excluding hydrogens is 238 g/mol. The summed E-state index contributed by atoms with van der Waals surface area (Å²) >= 11 is 0. The summed E-state index contributed by atoms with van der Waals surface area (Å²) in [4.78, 5) is 22.6. The Morgan fingerprint density at radius 2 is 2.17 bits per heavy atom. The number of carboxylic acids is 1. The number of carbonyl (C=O) groups is 2. The molecule has 1 aliphatic rings. The molecule has 18 heavy (non-hydrogen) atoms. The highest BCUT2D eigenvalue weighted by Crippen LogP contribution is 2.08. The highest BCUT2D eigenvalue weighted by molar-refractivity contribution is 5.80. The fraction of sp³-hybridized carbons (Fsp3) is 0.818. The predicted octanol–water partition coefficient (Wildman–Crippen LogP) is -0.127. The van der Waals surface area contributed by atoms with Gasteiger partial charge < -0.3 is 25.8 Å². The fourth-order valence-electron chi connectivity index (χ4n) is 1.66. The topological polar surface area (TPSA) is 99.7 Å². The number of aliphatic carboxylic acids is 1. The molecule has 0 radical (unpaired) electrons. The smallest absolute Gasteiger partial charge is 0.408 e. The highest BCUT2D eigenvalue weighted by atomic mass is 16.6. The largest absolute Gasteiger partial charge is 0.480 e. The van der Waals surface area contributed by atoms with E-state index in [0.717, 1.165) is 0 Å². The number of hydrogen-bond donors (Lipinski definition) is 4. The first-order chi connectivity index (χ1) is 8.28. The molecule has 0 aliphatic carbocycles. The van der Waals surface area contributed by atoms with Crippen LogP contribution in [0.3, 0.4) is 0 Å². The Labute approximate surface area is 106 Å². The number of hydrogen-bond acceptors (Lipinski definition) is 5. The third-order valence-electron chi connectivity index (χ3n) is 2.42. The van der Waals surface area contributed by atoms with E-state index in [1.807, 2.05) is 0 Å². The van der Waals surface area contributed by atoms with Gasteiger partial charge in [-0.05, 0) is 27.2 Å². The summed E-state index contributed by atoms with van der Waals surface area (Å²) in [5, 5.41) is 17.6. The maximum Gasteiger partial charge on any atom is 0.408 e. The average Bonchev–Trinajstić information content (AvgIpc) is 2.66. The first-order valence-corrected chi connectivity index (χ1v) is 5.94. The van der Waals surface area contributed by atoms with Gasteiger partial charge >= 0.3 is 12.1 Å². The number of alkyl carbamates (subject to hydrolysis) is 1. The third kappa shape index (κ3) is 5.33. The molecule has 0 saturated carbocycles. The number of nitrogens with one attached hydrogen (secondary N) is 3. The minimum atomic E-state index is -1.06. The number of carboxylic acid groups (broad SMARTS) is 1. The van der Waals surface area contributed by atoms with E-state index < -0.39 is 23.7 Å². The first-order valence-electron chi connectivity index (χ1n) is 5.94. The lowest BCUT2D eigenvalue weighted by atomic mass is 10.1. The van der Waals surface area contributed by atoms with Crippen molar-refractivity contribution in [2.45, 2.75) is 44.9 Å². The van der Waals surface area contributed by atoms with Crippen molar-refractivity contribution in [3.05, 3.63) is 0 Å². The second kappa shape index (κ2) is 6.01. The van der Waals surface area contributed by atoms with Crippen molar-refractivity contribution in [1.82, 2.24) is 16.0 Å². The summed E-state index contributed by atoms with van der Waals surface area (Å²) in [6.45, 7) is 6.53. The molecule has 1 heterocycles. The second-order valence-electron chi connectivity index (χ2n) is 5.30. The minimum Gasteiger partial charge on any atom is -0.480 e. The van der Waals surface area contributed by atoms with Crippen LogP contribution in [-0.2, 0) is 9.53 Å². The van der Waals surface area contributed by atoms with Crippen molar-refractivity contribution in [3.8, 4) is 0 Å². The Morgan fingerprint density at radius 1 is 1.50 bits per heavy atom. The molecule has 0 unspecified atom stereocenters. The van der Waals surface area contributed by atoms with Crippen LogP contribution in [-0.4, -0.2) is 48.1 Å². The van der Waals surface area contributed by atoms with Crippen molar-refractivity contribution in [3.63, 3.8) is 0 Å². The van der Waals surface area contributed by atoms with Gasteiger partial charge in [0.05, 0.1) is 0 Å². The molecule has 1 aliphatic heterocycles. The van der Waals surface area contributed by atoms with Crippen LogP contribution >= 0.6 is 0 Å². The van der Waals surface area contributed by atoms with E-state index in [1.54, 1.807) is 20.8 Å². The summed E-state index contributed by atoms with van der Waals surface area (Å²) in [6, 6.07) is -0.904. The van der Waals surface area contributed by atoms with E-state index in [2.05, 4.69) is 16.0 Å². The molecule has 1 saturated heterocycles. The maximum atomic E-state index is 11.5. The monoisotopic (exact) mass is 259 g/mol. The molecule has 104 valence electrons. The van der Waals surface area contributed by atoms with Gasteiger partial charge in [-0.1, -0.05) is 0 Å². The van der Waals surface area contributed by atoms with E-state index in [0.29, 0.717) is 19.6 Å². The van der Waals surface area contributed by atoms with Crippen LogP contribution in [0.2, 0.25) is 0 Å². The molecule has 7 heteroatoms. The maximum absolute atomic E-state index is 11.5. The van der Waals surface area contributed by atoms with Crippen LogP contribution < -0.4 is 16.0 Å². The van der Waals surface area contributed by atoms with Crippen LogP contribution in [0.25, 0.3) is 0 Å². The molecule has 0 aromatic rings. The summed E-state index contributed by atoms with van der Waals surface area (Å²) < 4.78 is 5.03. The van der Waals surface area contributed by atoms with Gasteiger partial charge in [-0.25, -0.2) is 9.59 Å². The molecule has 7 nitrogen and oxygen atoms in total. The zero-order valence-corrected chi connectivity index (χ0v) is 10.9. The van der Waals surface area contributed by atoms with E-state index in [4.69, 9.17) is 9.84 Å². The van der Waals surface area contributed by atoms with Crippen molar-refractivity contribution in [1.29, 1.82) is 0 Å². The Bertz CT molecular complexity index is 308. The lowest BCUT2D eigenvalue weighted by Crippen LogP contribution is -2.46. The summed E-state index contributed by atoms with van der Waals surface area (Å²) in [5.74, 6) is -1.06. The Balaban J connectivity index is 2.46. The van der Waals surface area contributed by atoms with Gasteiger partial charge in [-0.15, -0.1) is 0 Å². The second-order valence-corrected chi connectivity index (χ2v) is 5.30.